The molecule has 0 bridgehead atoms. The van der Waals surface area contributed by atoms with Gasteiger partial charge in [-0.15, -0.1) is 0 Å². The van der Waals surface area contributed by atoms with Gasteiger partial charge in [0, 0.05) is 32.7 Å². The van der Waals surface area contributed by atoms with Crippen molar-refractivity contribution in [1.29, 1.82) is 0 Å². The van der Waals surface area contributed by atoms with E-state index in [1.54, 1.807) is 4.90 Å². The van der Waals surface area contributed by atoms with Gasteiger partial charge in [-0.2, -0.15) is 0 Å². The molecule has 0 aliphatic carbocycles. The van der Waals surface area contributed by atoms with Gasteiger partial charge in [0.05, 0.1) is 17.1 Å². The predicted molar refractivity (Wildman–Crippen MR) is 72.1 cm³/mol. The summed E-state index contributed by atoms with van der Waals surface area (Å²) in [6.45, 7) is 1.14. The Kier molecular flexibility index (Phi) is 4.81. The Morgan fingerprint density at radius 1 is 1.62 bits per heavy atom. The highest BCUT2D eigenvalue weighted by atomic mass is 19.1. The fraction of sp³-hybridized carbons (Fsp3) is 0.462. The fourth-order valence-electron chi connectivity index (χ4n) is 2.26. The van der Waals surface area contributed by atoms with Crippen LogP contribution in [0.2, 0.25) is 0 Å². The standard InChI is InChI=1S/C13H16FN3O4/c1-15-13(18)12-8-16(5-6-21-12)7-9-10(14)3-2-4-11(9)17(19)20/h2-4,12H,5-8H2,1H3,(H,15,18)/t12-/m1/s1. The van der Waals surface area contributed by atoms with E-state index in [1.165, 1.54) is 25.2 Å². The molecule has 1 fully saturated rings. The molecule has 2 rings (SSSR count). The minimum atomic E-state index is -0.644. The van der Waals surface area contributed by atoms with Crippen LogP contribution in [0.25, 0.3) is 0 Å². The van der Waals surface area contributed by atoms with E-state index < -0.39 is 16.8 Å². The molecule has 21 heavy (non-hydrogen) atoms. The quantitative estimate of drug-likeness (QED) is 0.652. The molecule has 1 aliphatic heterocycles. The summed E-state index contributed by atoms with van der Waals surface area (Å²) in [6, 6.07) is 3.78. The van der Waals surface area contributed by atoms with E-state index in [4.69, 9.17) is 4.74 Å². The summed E-state index contributed by atoms with van der Waals surface area (Å²) >= 11 is 0. The highest BCUT2D eigenvalue weighted by Crippen LogP contribution is 2.23. The number of morpholine rings is 1. The maximum atomic E-state index is 13.8. The molecule has 8 heteroatoms. The van der Waals surface area contributed by atoms with Crippen molar-refractivity contribution in [3.63, 3.8) is 0 Å². The summed E-state index contributed by atoms with van der Waals surface area (Å²) in [5, 5.41) is 13.5. The number of hydrogen-bond donors (Lipinski definition) is 1. The fourth-order valence-corrected chi connectivity index (χ4v) is 2.26. The molecule has 0 radical (unpaired) electrons. The SMILES string of the molecule is CNC(=O)[C@H]1CN(Cc2c(F)cccc2[N+](=O)[O-])CCO1. The van der Waals surface area contributed by atoms with E-state index in [-0.39, 0.29) is 30.2 Å². The van der Waals surface area contributed by atoms with Crippen LogP contribution in [-0.4, -0.2) is 48.6 Å². The zero-order valence-electron chi connectivity index (χ0n) is 11.5. The second-order valence-corrected chi connectivity index (χ2v) is 4.70. The van der Waals surface area contributed by atoms with Crippen LogP contribution >= 0.6 is 0 Å². The number of benzene rings is 1. The zero-order valence-corrected chi connectivity index (χ0v) is 11.5. The van der Waals surface area contributed by atoms with Gasteiger partial charge in [-0.25, -0.2) is 4.39 Å². The lowest BCUT2D eigenvalue weighted by molar-refractivity contribution is -0.386. The molecule has 1 atom stereocenters. The molecule has 0 aromatic heterocycles. The molecule has 114 valence electrons. The highest BCUT2D eigenvalue weighted by Gasteiger charge is 2.28. The third-order valence-corrected chi connectivity index (χ3v) is 3.36. The summed E-state index contributed by atoms with van der Waals surface area (Å²) in [5.74, 6) is -0.880. The van der Waals surface area contributed by atoms with Crippen molar-refractivity contribution in [3.8, 4) is 0 Å². The minimum absolute atomic E-state index is 0.0278. The second kappa shape index (κ2) is 6.59. The van der Waals surface area contributed by atoms with Gasteiger partial charge in [-0.05, 0) is 6.07 Å². The molecule has 0 saturated carbocycles. The zero-order chi connectivity index (χ0) is 15.4. The van der Waals surface area contributed by atoms with Crippen molar-refractivity contribution in [1.82, 2.24) is 10.2 Å². The molecule has 1 aromatic carbocycles. The number of halogens is 1. The van der Waals surface area contributed by atoms with Gasteiger partial charge in [-0.3, -0.25) is 19.8 Å². The lowest BCUT2D eigenvalue weighted by Crippen LogP contribution is -2.48. The first-order valence-corrected chi connectivity index (χ1v) is 6.50. The lowest BCUT2D eigenvalue weighted by atomic mass is 10.1. The number of carbonyl (C=O) groups excluding carboxylic acids is 1. The van der Waals surface area contributed by atoms with Crippen molar-refractivity contribution in [3.05, 3.63) is 39.7 Å². The largest absolute Gasteiger partial charge is 0.366 e. The van der Waals surface area contributed by atoms with E-state index in [0.717, 1.165) is 0 Å². The minimum Gasteiger partial charge on any atom is -0.366 e. The number of carbonyl (C=O) groups is 1. The van der Waals surface area contributed by atoms with Crippen LogP contribution in [0.4, 0.5) is 10.1 Å². The van der Waals surface area contributed by atoms with Crippen LogP contribution in [0.15, 0.2) is 18.2 Å². The number of nitro benzene ring substituents is 1. The predicted octanol–water partition coefficient (Wildman–Crippen LogP) is 0.681. The molecule has 0 unspecified atom stereocenters. The normalized spacial score (nSPS) is 19.2. The molecule has 1 aliphatic rings. The molecule has 1 heterocycles. The number of likely N-dealkylation sites (N-methyl/N-ethyl adjacent to an activating group) is 1. The first kappa shape index (κ1) is 15.3. The van der Waals surface area contributed by atoms with Gasteiger partial charge >= 0.3 is 0 Å². The van der Waals surface area contributed by atoms with E-state index >= 15 is 0 Å². The Balaban J connectivity index is 2.15. The summed E-state index contributed by atoms with van der Waals surface area (Å²) < 4.78 is 19.2. The van der Waals surface area contributed by atoms with Crippen LogP contribution in [0.1, 0.15) is 5.56 Å². The van der Waals surface area contributed by atoms with Crippen LogP contribution in [0.5, 0.6) is 0 Å². The summed E-state index contributed by atoms with van der Waals surface area (Å²) in [5.41, 5.74) is -0.224. The van der Waals surface area contributed by atoms with E-state index in [1.807, 2.05) is 0 Å². The van der Waals surface area contributed by atoms with Crippen molar-refractivity contribution in [2.45, 2.75) is 12.6 Å². The van der Waals surface area contributed by atoms with Gasteiger partial charge in [0.15, 0.2) is 0 Å². The van der Waals surface area contributed by atoms with Crippen molar-refractivity contribution in [2.75, 3.05) is 26.7 Å². The molecular formula is C13H16FN3O4. The van der Waals surface area contributed by atoms with Crippen molar-refractivity contribution < 1.29 is 18.8 Å². The number of nitrogens with one attached hydrogen (secondary N) is 1. The van der Waals surface area contributed by atoms with Gasteiger partial charge in [-0.1, -0.05) is 6.07 Å². The Hall–Kier alpha value is -2.06. The Morgan fingerprint density at radius 2 is 2.38 bits per heavy atom. The van der Waals surface area contributed by atoms with Gasteiger partial charge in [0.1, 0.15) is 11.9 Å². The third-order valence-electron chi connectivity index (χ3n) is 3.36. The average molecular weight is 297 g/mol. The topological polar surface area (TPSA) is 84.7 Å². The van der Waals surface area contributed by atoms with Crippen molar-refractivity contribution in [2.24, 2.45) is 0 Å². The number of nitrogens with zero attached hydrogens (tertiary/aromatic N) is 2. The number of ether oxygens (including phenoxy) is 1. The van der Waals surface area contributed by atoms with Crippen molar-refractivity contribution >= 4 is 11.6 Å². The second-order valence-electron chi connectivity index (χ2n) is 4.70. The molecule has 1 aromatic rings. The summed E-state index contributed by atoms with van der Waals surface area (Å²) in [7, 11) is 1.51. The van der Waals surface area contributed by atoms with Crippen LogP contribution < -0.4 is 5.32 Å². The van der Waals surface area contributed by atoms with Crippen LogP contribution in [0, 0.1) is 15.9 Å². The Bertz CT molecular complexity index is 552. The lowest BCUT2D eigenvalue weighted by Gasteiger charge is -2.31. The summed E-state index contributed by atoms with van der Waals surface area (Å²) in [4.78, 5) is 23.7. The first-order chi connectivity index (χ1) is 10.0. The van der Waals surface area contributed by atoms with Gasteiger partial charge in [0.2, 0.25) is 5.91 Å². The molecular weight excluding hydrogens is 281 g/mol. The average Bonchev–Trinajstić information content (AvgIpc) is 2.48. The highest BCUT2D eigenvalue weighted by molar-refractivity contribution is 5.80. The Morgan fingerprint density at radius 3 is 3.05 bits per heavy atom. The maximum absolute atomic E-state index is 13.8. The summed E-state index contributed by atoms with van der Waals surface area (Å²) in [6.07, 6.45) is -0.644. The number of nitro groups is 1. The number of hydrogen-bond acceptors (Lipinski definition) is 5. The molecule has 1 saturated heterocycles. The van der Waals surface area contributed by atoms with Gasteiger partial charge in [0.25, 0.3) is 5.69 Å². The monoisotopic (exact) mass is 297 g/mol. The molecule has 7 nitrogen and oxygen atoms in total. The van der Waals surface area contributed by atoms with E-state index in [2.05, 4.69) is 5.32 Å². The van der Waals surface area contributed by atoms with E-state index in [9.17, 15) is 19.3 Å². The molecule has 0 spiro atoms. The Labute approximate surface area is 120 Å². The third kappa shape index (κ3) is 3.53. The van der Waals surface area contributed by atoms with Crippen LogP contribution in [-0.2, 0) is 16.1 Å². The number of amides is 1. The molecule has 1 N–H and O–H groups in total. The van der Waals surface area contributed by atoms with E-state index in [0.29, 0.717) is 13.2 Å². The van der Waals surface area contributed by atoms with Gasteiger partial charge < -0.3 is 10.1 Å². The maximum Gasteiger partial charge on any atom is 0.276 e. The number of rotatable bonds is 4. The first-order valence-electron chi connectivity index (χ1n) is 6.50. The smallest absolute Gasteiger partial charge is 0.276 e. The van der Waals surface area contributed by atoms with Crippen LogP contribution in [0.3, 0.4) is 0 Å². The molecule has 1 amide bonds.